The van der Waals surface area contributed by atoms with Crippen LogP contribution in [0.25, 0.3) is 10.9 Å². The second kappa shape index (κ2) is 5.01. The normalized spacial score (nSPS) is 15.6. The molecule has 1 unspecified atom stereocenters. The highest BCUT2D eigenvalue weighted by atomic mass is 16.6. The lowest BCUT2D eigenvalue weighted by molar-refractivity contribution is -0.383. The Labute approximate surface area is 119 Å². The number of non-ortho nitro benzene ring substituents is 1. The number of benzene rings is 1. The average Bonchev–Trinajstić information content (AvgIpc) is 3.28. The fourth-order valence-corrected chi connectivity index (χ4v) is 2.41. The van der Waals surface area contributed by atoms with Crippen LogP contribution in [-0.4, -0.2) is 27.0 Å². The van der Waals surface area contributed by atoms with Crippen LogP contribution in [0.1, 0.15) is 12.8 Å². The quantitative estimate of drug-likeness (QED) is 0.646. The van der Waals surface area contributed by atoms with Gasteiger partial charge in [0, 0.05) is 23.3 Å². The van der Waals surface area contributed by atoms with Gasteiger partial charge < -0.3 is 10.4 Å². The Morgan fingerprint density at radius 1 is 1.43 bits per heavy atom. The number of nitrogens with one attached hydrogen (secondary N) is 1. The molecule has 1 aliphatic rings. The summed E-state index contributed by atoms with van der Waals surface area (Å²) in [5.74, 6) is -0.794. The van der Waals surface area contributed by atoms with Crippen LogP contribution < -0.4 is 5.32 Å². The van der Waals surface area contributed by atoms with Crippen LogP contribution in [0.4, 0.5) is 11.4 Å². The first-order chi connectivity index (χ1) is 10.1. The van der Waals surface area contributed by atoms with E-state index < -0.39 is 16.9 Å². The second-order valence-corrected chi connectivity index (χ2v) is 5.09. The SMILES string of the molecule is O=C(O)C(Nc1ccc([N+](=O)[O-])c2ncccc12)C1CC1. The van der Waals surface area contributed by atoms with Crippen molar-refractivity contribution in [3.05, 3.63) is 40.6 Å². The summed E-state index contributed by atoms with van der Waals surface area (Å²) in [4.78, 5) is 25.9. The van der Waals surface area contributed by atoms with E-state index in [4.69, 9.17) is 0 Å². The Bertz CT molecular complexity index is 727. The zero-order valence-electron chi connectivity index (χ0n) is 11.0. The first kappa shape index (κ1) is 13.3. The van der Waals surface area contributed by atoms with Gasteiger partial charge in [0.15, 0.2) is 0 Å². The predicted molar refractivity (Wildman–Crippen MR) is 76.2 cm³/mol. The molecule has 1 atom stereocenters. The number of rotatable bonds is 5. The van der Waals surface area contributed by atoms with E-state index in [0.717, 1.165) is 12.8 Å². The van der Waals surface area contributed by atoms with Gasteiger partial charge in [-0.05, 0) is 37.0 Å². The molecular weight excluding hydrogens is 274 g/mol. The Kier molecular flexibility index (Phi) is 3.17. The van der Waals surface area contributed by atoms with Gasteiger partial charge in [-0.2, -0.15) is 0 Å². The van der Waals surface area contributed by atoms with Gasteiger partial charge in [-0.15, -0.1) is 0 Å². The van der Waals surface area contributed by atoms with E-state index in [0.29, 0.717) is 11.1 Å². The minimum atomic E-state index is -0.909. The summed E-state index contributed by atoms with van der Waals surface area (Å²) in [6.45, 7) is 0. The van der Waals surface area contributed by atoms with Gasteiger partial charge in [0.2, 0.25) is 0 Å². The fraction of sp³-hybridized carbons (Fsp3) is 0.286. The maximum atomic E-state index is 11.3. The van der Waals surface area contributed by atoms with Crippen molar-refractivity contribution in [3.63, 3.8) is 0 Å². The van der Waals surface area contributed by atoms with Gasteiger partial charge in [-0.25, -0.2) is 9.78 Å². The van der Waals surface area contributed by atoms with Gasteiger partial charge in [0.25, 0.3) is 5.69 Å². The predicted octanol–water partition coefficient (Wildman–Crippen LogP) is 2.42. The maximum absolute atomic E-state index is 11.3. The molecule has 0 aliphatic heterocycles. The van der Waals surface area contributed by atoms with Gasteiger partial charge in [-0.3, -0.25) is 10.1 Å². The van der Waals surface area contributed by atoms with Crippen LogP contribution in [0.3, 0.4) is 0 Å². The van der Waals surface area contributed by atoms with Crippen LogP contribution in [0.5, 0.6) is 0 Å². The van der Waals surface area contributed by atoms with Gasteiger partial charge >= 0.3 is 5.97 Å². The highest BCUT2D eigenvalue weighted by molar-refractivity contribution is 5.98. The van der Waals surface area contributed by atoms with Crippen molar-refractivity contribution < 1.29 is 14.8 Å². The summed E-state index contributed by atoms with van der Waals surface area (Å²) < 4.78 is 0. The van der Waals surface area contributed by atoms with Crippen LogP contribution in [-0.2, 0) is 4.79 Å². The molecule has 1 saturated carbocycles. The van der Waals surface area contributed by atoms with Gasteiger partial charge in [0.05, 0.1) is 4.92 Å². The second-order valence-electron chi connectivity index (χ2n) is 5.09. The number of hydrogen-bond donors (Lipinski definition) is 2. The molecule has 1 fully saturated rings. The minimum Gasteiger partial charge on any atom is -0.480 e. The first-order valence-electron chi connectivity index (χ1n) is 6.59. The molecule has 0 spiro atoms. The highest BCUT2D eigenvalue weighted by Crippen LogP contribution is 2.36. The zero-order chi connectivity index (χ0) is 15.0. The third-order valence-electron chi connectivity index (χ3n) is 3.62. The molecule has 1 aromatic carbocycles. The lowest BCUT2D eigenvalue weighted by Gasteiger charge is -2.16. The summed E-state index contributed by atoms with van der Waals surface area (Å²) >= 11 is 0. The Balaban J connectivity index is 2.05. The largest absolute Gasteiger partial charge is 0.480 e. The molecule has 7 heteroatoms. The molecule has 2 aromatic rings. The molecule has 21 heavy (non-hydrogen) atoms. The van der Waals surface area contributed by atoms with Crippen molar-refractivity contribution in [3.8, 4) is 0 Å². The molecule has 0 bridgehead atoms. The van der Waals surface area contributed by atoms with E-state index in [-0.39, 0.29) is 17.1 Å². The third-order valence-corrected chi connectivity index (χ3v) is 3.62. The molecule has 108 valence electrons. The maximum Gasteiger partial charge on any atom is 0.326 e. The van der Waals surface area contributed by atoms with Crippen LogP contribution in [0, 0.1) is 16.0 Å². The number of nitro benzene ring substituents is 1. The summed E-state index contributed by atoms with van der Waals surface area (Å²) in [6, 6.07) is 5.59. The van der Waals surface area contributed by atoms with Crippen LogP contribution in [0.2, 0.25) is 0 Å². The smallest absolute Gasteiger partial charge is 0.326 e. The molecule has 0 radical (unpaired) electrons. The van der Waals surface area contributed by atoms with E-state index in [1.807, 2.05) is 0 Å². The van der Waals surface area contributed by atoms with Crippen molar-refractivity contribution in [2.24, 2.45) is 5.92 Å². The van der Waals surface area contributed by atoms with E-state index >= 15 is 0 Å². The van der Waals surface area contributed by atoms with Gasteiger partial charge in [0.1, 0.15) is 11.6 Å². The monoisotopic (exact) mass is 287 g/mol. The van der Waals surface area contributed by atoms with Crippen LogP contribution >= 0.6 is 0 Å². The number of carboxylic acids is 1. The standard InChI is InChI=1S/C14H13N3O4/c18-14(19)12(8-3-4-8)16-10-5-6-11(17(20)21)13-9(10)2-1-7-15-13/h1-2,5-8,12,16H,3-4H2,(H,18,19). The summed E-state index contributed by atoms with van der Waals surface area (Å²) in [6.07, 6.45) is 3.24. The highest BCUT2D eigenvalue weighted by Gasteiger charge is 2.36. The minimum absolute atomic E-state index is 0.0885. The van der Waals surface area contributed by atoms with E-state index in [1.54, 1.807) is 18.2 Å². The lowest BCUT2D eigenvalue weighted by Crippen LogP contribution is -2.31. The molecule has 0 amide bonds. The number of carbonyl (C=O) groups is 1. The lowest BCUT2D eigenvalue weighted by atomic mass is 10.1. The number of nitro groups is 1. The molecular formula is C14H13N3O4. The number of hydrogen-bond acceptors (Lipinski definition) is 5. The van der Waals surface area contributed by atoms with Crippen molar-refractivity contribution >= 4 is 28.2 Å². The summed E-state index contributed by atoms with van der Waals surface area (Å²) in [7, 11) is 0. The van der Waals surface area contributed by atoms with Crippen molar-refractivity contribution in [1.29, 1.82) is 0 Å². The Morgan fingerprint density at radius 3 is 2.81 bits per heavy atom. The molecule has 3 rings (SSSR count). The van der Waals surface area contributed by atoms with Gasteiger partial charge in [-0.1, -0.05) is 0 Å². The number of anilines is 1. The van der Waals surface area contributed by atoms with E-state index in [1.165, 1.54) is 12.3 Å². The summed E-state index contributed by atoms with van der Waals surface area (Å²) in [5, 5.41) is 23.8. The molecule has 0 saturated heterocycles. The van der Waals surface area contributed by atoms with Crippen LogP contribution in [0.15, 0.2) is 30.5 Å². The number of fused-ring (bicyclic) bond motifs is 1. The third kappa shape index (κ3) is 2.49. The van der Waals surface area contributed by atoms with E-state index in [9.17, 15) is 20.0 Å². The fourth-order valence-electron chi connectivity index (χ4n) is 2.41. The van der Waals surface area contributed by atoms with Crippen molar-refractivity contribution in [2.45, 2.75) is 18.9 Å². The number of aliphatic carboxylic acids is 1. The Hall–Kier alpha value is -2.70. The van der Waals surface area contributed by atoms with Crippen molar-refractivity contribution in [1.82, 2.24) is 4.98 Å². The van der Waals surface area contributed by atoms with Crippen molar-refractivity contribution in [2.75, 3.05) is 5.32 Å². The topological polar surface area (TPSA) is 105 Å². The average molecular weight is 287 g/mol. The molecule has 1 heterocycles. The molecule has 7 nitrogen and oxygen atoms in total. The Morgan fingerprint density at radius 2 is 2.19 bits per heavy atom. The molecule has 2 N–H and O–H groups in total. The molecule has 1 aliphatic carbocycles. The number of pyridine rings is 1. The summed E-state index contributed by atoms with van der Waals surface area (Å²) in [5.41, 5.74) is 0.727. The number of nitrogens with zero attached hydrogens (tertiary/aromatic N) is 2. The molecule has 1 aromatic heterocycles. The number of carboxylic acid groups (broad SMARTS) is 1. The first-order valence-corrected chi connectivity index (χ1v) is 6.59. The zero-order valence-corrected chi connectivity index (χ0v) is 11.0. The number of aromatic nitrogens is 1. The van der Waals surface area contributed by atoms with E-state index in [2.05, 4.69) is 10.3 Å².